The van der Waals surface area contributed by atoms with Crippen molar-refractivity contribution in [2.75, 3.05) is 5.73 Å². The molecule has 1 saturated carbocycles. The number of nitrogens with two attached hydrogens (primary N) is 1. The van der Waals surface area contributed by atoms with Crippen LogP contribution in [0.15, 0.2) is 12.3 Å². The molecule has 4 nitrogen and oxygen atoms in total. The predicted molar refractivity (Wildman–Crippen MR) is 45.5 cm³/mol. The highest BCUT2D eigenvalue weighted by molar-refractivity contribution is 5.27. The molecule has 1 aliphatic rings. The fraction of sp³-hybridized carbons (Fsp3) is 0.625. The second-order valence-electron chi connectivity index (χ2n) is 3.27. The molecule has 0 saturated heterocycles. The zero-order valence-electron chi connectivity index (χ0n) is 6.85. The van der Waals surface area contributed by atoms with Crippen molar-refractivity contribution < 1.29 is 5.11 Å². The first-order valence-corrected chi connectivity index (χ1v) is 4.26. The van der Waals surface area contributed by atoms with E-state index in [9.17, 15) is 5.11 Å². The molecule has 0 aromatic carbocycles. The Kier molecular flexibility index (Phi) is 1.77. The summed E-state index contributed by atoms with van der Waals surface area (Å²) in [6.45, 7) is 0. The highest BCUT2D eigenvalue weighted by atomic mass is 16.3. The van der Waals surface area contributed by atoms with E-state index in [4.69, 9.17) is 5.73 Å². The average Bonchev–Trinajstić information content (AvgIpc) is 2.59. The zero-order valence-corrected chi connectivity index (χ0v) is 6.85. The van der Waals surface area contributed by atoms with Gasteiger partial charge in [0.25, 0.3) is 0 Å². The van der Waals surface area contributed by atoms with Crippen molar-refractivity contribution in [1.82, 2.24) is 9.78 Å². The number of anilines is 1. The van der Waals surface area contributed by atoms with Gasteiger partial charge in [-0.25, -0.2) is 4.68 Å². The lowest BCUT2D eigenvalue weighted by molar-refractivity contribution is 0.131. The van der Waals surface area contributed by atoms with Crippen molar-refractivity contribution >= 4 is 5.82 Å². The molecule has 3 N–H and O–H groups in total. The summed E-state index contributed by atoms with van der Waals surface area (Å²) in [6, 6.07) is 1.85. The lowest BCUT2D eigenvalue weighted by Gasteiger charge is -2.15. The highest BCUT2D eigenvalue weighted by Crippen LogP contribution is 2.30. The van der Waals surface area contributed by atoms with Crippen LogP contribution >= 0.6 is 0 Å². The second-order valence-corrected chi connectivity index (χ2v) is 3.27. The van der Waals surface area contributed by atoms with E-state index < -0.39 is 0 Å². The Labute approximate surface area is 71.0 Å². The van der Waals surface area contributed by atoms with Crippen LogP contribution in [0.4, 0.5) is 5.82 Å². The van der Waals surface area contributed by atoms with Gasteiger partial charge in [0.1, 0.15) is 5.82 Å². The third-order valence-corrected chi connectivity index (χ3v) is 2.46. The maximum absolute atomic E-state index is 9.57. The number of aromatic nitrogens is 2. The summed E-state index contributed by atoms with van der Waals surface area (Å²) in [4.78, 5) is 0. The molecule has 1 aliphatic carbocycles. The van der Waals surface area contributed by atoms with Crippen molar-refractivity contribution in [2.24, 2.45) is 0 Å². The minimum Gasteiger partial charge on any atom is -0.391 e. The molecule has 2 atom stereocenters. The van der Waals surface area contributed by atoms with Crippen LogP contribution in [0, 0.1) is 0 Å². The lowest BCUT2D eigenvalue weighted by Crippen LogP contribution is -2.20. The summed E-state index contributed by atoms with van der Waals surface area (Å²) in [7, 11) is 0. The van der Waals surface area contributed by atoms with E-state index in [0.29, 0.717) is 5.82 Å². The molecular weight excluding hydrogens is 154 g/mol. The number of hydrogen-bond acceptors (Lipinski definition) is 3. The van der Waals surface area contributed by atoms with E-state index in [-0.39, 0.29) is 12.1 Å². The van der Waals surface area contributed by atoms with Crippen LogP contribution in [-0.4, -0.2) is 21.0 Å². The van der Waals surface area contributed by atoms with Crippen LogP contribution in [0.1, 0.15) is 25.3 Å². The number of nitrogens with zero attached hydrogens (tertiary/aromatic N) is 2. The van der Waals surface area contributed by atoms with Gasteiger partial charge in [0.15, 0.2) is 0 Å². The molecule has 0 bridgehead atoms. The molecule has 12 heavy (non-hydrogen) atoms. The minimum absolute atomic E-state index is 0.0972. The van der Waals surface area contributed by atoms with Gasteiger partial charge in [-0.15, -0.1) is 0 Å². The first-order valence-electron chi connectivity index (χ1n) is 4.26. The topological polar surface area (TPSA) is 64.1 Å². The highest BCUT2D eigenvalue weighted by Gasteiger charge is 2.27. The van der Waals surface area contributed by atoms with Crippen molar-refractivity contribution in [2.45, 2.75) is 31.4 Å². The van der Waals surface area contributed by atoms with Crippen LogP contribution in [0.25, 0.3) is 0 Å². The monoisotopic (exact) mass is 167 g/mol. The molecule has 1 aromatic heterocycles. The van der Waals surface area contributed by atoms with E-state index in [1.54, 1.807) is 16.9 Å². The fourth-order valence-electron chi connectivity index (χ4n) is 1.81. The molecule has 0 spiro atoms. The molecule has 1 heterocycles. The van der Waals surface area contributed by atoms with Gasteiger partial charge in [0.05, 0.1) is 18.3 Å². The van der Waals surface area contributed by atoms with Crippen molar-refractivity contribution in [3.05, 3.63) is 12.3 Å². The Morgan fingerprint density at radius 3 is 2.92 bits per heavy atom. The molecule has 66 valence electrons. The molecule has 2 unspecified atom stereocenters. The maximum Gasteiger partial charge on any atom is 0.122 e. The lowest BCUT2D eigenvalue weighted by atomic mass is 10.2. The summed E-state index contributed by atoms with van der Waals surface area (Å²) in [5.41, 5.74) is 5.67. The number of aliphatic hydroxyl groups excluding tert-OH is 1. The van der Waals surface area contributed by atoms with Gasteiger partial charge in [0, 0.05) is 0 Å². The molecule has 0 aliphatic heterocycles. The molecule has 2 rings (SSSR count). The van der Waals surface area contributed by atoms with Crippen LogP contribution in [0.5, 0.6) is 0 Å². The standard InChI is InChI=1S/C8H13N3O/c9-8-4-5-10-11(8)6-2-1-3-7(6)12/h4-7,12H,1-3,9H2. The van der Waals surface area contributed by atoms with E-state index in [1.807, 2.05) is 0 Å². The first kappa shape index (κ1) is 7.61. The van der Waals surface area contributed by atoms with Crippen molar-refractivity contribution in [3.63, 3.8) is 0 Å². The van der Waals surface area contributed by atoms with Gasteiger partial charge < -0.3 is 10.8 Å². The Balaban J connectivity index is 2.24. The van der Waals surface area contributed by atoms with E-state index in [2.05, 4.69) is 5.10 Å². The minimum atomic E-state index is -0.271. The maximum atomic E-state index is 9.57. The van der Waals surface area contributed by atoms with E-state index >= 15 is 0 Å². The predicted octanol–water partition coefficient (Wildman–Crippen LogP) is 0.551. The number of nitrogen functional groups attached to an aromatic ring is 1. The average molecular weight is 167 g/mol. The zero-order chi connectivity index (χ0) is 8.55. The third-order valence-electron chi connectivity index (χ3n) is 2.46. The molecule has 4 heteroatoms. The van der Waals surface area contributed by atoms with Gasteiger partial charge in [-0.1, -0.05) is 0 Å². The summed E-state index contributed by atoms with van der Waals surface area (Å²) < 4.78 is 1.72. The number of hydrogen-bond donors (Lipinski definition) is 2. The SMILES string of the molecule is Nc1ccnn1C1CCCC1O. The summed E-state index contributed by atoms with van der Waals surface area (Å²) in [6.07, 6.45) is 4.30. The molecule has 1 fully saturated rings. The summed E-state index contributed by atoms with van der Waals surface area (Å²) in [5.74, 6) is 0.640. The number of rotatable bonds is 1. The quantitative estimate of drug-likeness (QED) is 0.642. The van der Waals surface area contributed by atoms with Crippen LogP contribution in [0.2, 0.25) is 0 Å². The Hall–Kier alpha value is -1.03. The largest absolute Gasteiger partial charge is 0.391 e. The van der Waals surface area contributed by atoms with Crippen LogP contribution in [0.3, 0.4) is 0 Å². The Morgan fingerprint density at radius 2 is 2.42 bits per heavy atom. The molecular formula is C8H13N3O. The third kappa shape index (κ3) is 1.08. The van der Waals surface area contributed by atoms with E-state index in [1.165, 1.54) is 0 Å². The van der Waals surface area contributed by atoms with Gasteiger partial charge in [0.2, 0.25) is 0 Å². The van der Waals surface area contributed by atoms with Gasteiger partial charge in [-0.05, 0) is 25.3 Å². The fourth-order valence-corrected chi connectivity index (χ4v) is 1.81. The summed E-state index contributed by atoms with van der Waals surface area (Å²) in [5, 5.41) is 13.6. The van der Waals surface area contributed by atoms with Crippen molar-refractivity contribution in [1.29, 1.82) is 0 Å². The summed E-state index contributed by atoms with van der Waals surface area (Å²) >= 11 is 0. The van der Waals surface area contributed by atoms with Gasteiger partial charge in [-0.2, -0.15) is 5.10 Å². The molecule has 1 aromatic rings. The molecule has 0 radical (unpaired) electrons. The second kappa shape index (κ2) is 2.79. The van der Waals surface area contributed by atoms with Crippen LogP contribution in [-0.2, 0) is 0 Å². The van der Waals surface area contributed by atoms with Gasteiger partial charge in [-0.3, -0.25) is 0 Å². The van der Waals surface area contributed by atoms with E-state index in [0.717, 1.165) is 19.3 Å². The van der Waals surface area contributed by atoms with Crippen LogP contribution < -0.4 is 5.73 Å². The number of aliphatic hydroxyl groups is 1. The van der Waals surface area contributed by atoms with Crippen molar-refractivity contribution in [3.8, 4) is 0 Å². The normalized spacial score (nSPS) is 29.4. The first-order chi connectivity index (χ1) is 5.79. The Bertz CT molecular complexity index is 271. The Morgan fingerprint density at radius 1 is 1.58 bits per heavy atom. The molecule has 0 amide bonds. The van der Waals surface area contributed by atoms with Gasteiger partial charge >= 0.3 is 0 Å². The smallest absolute Gasteiger partial charge is 0.122 e.